The molecular formula is C16H15ClN2O2. The molecule has 0 spiro atoms. The lowest BCUT2D eigenvalue weighted by Crippen LogP contribution is -2.24. The van der Waals surface area contributed by atoms with E-state index in [-0.39, 0.29) is 5.92 Å². The maximum absolute atomic E-state index is 11.2. The molecule has 1 aliphatic carbocycles. The molecule has 1 heterocycles. The Bertz CT molecular complexity index is 715. The van der Waals surface area contributed by atoms with Gasteiger partial charge in [-0.15, -0.1) is 0 Å². The standard InChI is InChI=1S/C16H15ClN2O2/c1-9-12-8-10(16(20)21)6-7-14(12)19-15(18-9)11-4-2-3-5-13(11)17/h2-5,10H,6-8H2,1H3,(H,20,21). The fourth-order valence-electron chi connectivity index (χ4n) is 2.76. The Balaban J connectivity index is 2.04. The predicted molar refractivity (Wildman–Crippen MR) is 80.4 cm³/mol. The van der Waals surface area contributed by atoms with Crippen LogP contribution in [0, 0.1) is 12.8 Å². The fraction of sp³-hybridized carbons (Fsp3) is 0.312. The van der Waals surface area contributed by atoms with E-state index < -0.39 is 5.97 Å². The number of carboxylic acids is 1. The number of halogens is 1. The molecule has 108 valence electrons. The molecule has 1 unspecified atom stereocenters. The van der Waals surface area contributed by atoms with Gasteiger partial charge in [0.25, 0.3) is 0 Å². The van der Waals surface area contributed by atoms with E-state index in [9.17, 15) is 4.79 Å². The first-order chi connectivity index (χ1) is 10.1. The number of carboxylic acid groups (broad SMARTS) is 1. The number of fused-ring (bicyclic) bond motifs is 1. The number of benzene rings is 1. The molecule has 3 rings (SSSR count). The van der Waals surface area contributed by atoms with Crippen molar-refractivity contribution in [2.75, 3.05) is 0 Å². The molecule has 1 aromatic heterocycles. The summed E-state index contributed by atoms with van der Waals surface area (Å²) >= 11 is 6.20. The average Bonchev–Trinajstić information content (AvgIpc) is 2.47. The topological polar surface area (TPSA) is 63.1 Å². The van der Waals surface area contributed by atoms with E-state index in [1.54, 1.807) is 0 Å². The van der Waals surface area contributed by atoms with Gasteiger partial charge in [0, 0.05) is 17.0 Å². The van der Waals surface area contributed by atoms with Crippen molar-refractivity contribution >= 4 is 17.6 Å². The van der Waals surface area contributed by atoms with Gasteiger partial charge >= 0.3 is 5.97 Å². The molecule has 5 heteroatoms. The molecule has 0 saturated carbocycles. The van der Waals surface area contributed by atoms with Crippen LogP contribution in [0.5, 0.6) is 0 Å². The molecule has 0 fully saturated rings. The highest BCUT2D eigenvalue weighted by Crippen LogP contribution is 2.30. The van der Waals surface area contributed by atoms with Crippen LogP contribution in [0.2, 0.25) is 5.02 Å². The molecule has 4 nitrogen and oxygen atoms in total. The van der Waals surface area contributed by atoms with Gasteiger partial charge in [-0.05, 0) is 43.9 Å². The molecule has 0 radical (unpaired) electrons. The molecule has 0 bridgehead atoms. The number of hydrogen-bond acceptors (Lipinski definition) is 3. The van der Waals surface area contributed by atoms with Crippen LogP contribution in [-0.4, -0.2) is 21.0 Å². The lowest BCUT2D eigenvalue weighted by molar-refractivity contribution is -0.142. The summed E-state index contributed by atoms with van der Waals surface area (Å²) in [6.07, 6.45) is 1.81. The third-order valence-electron chi connectivity index (χ3n) is 3.94. The van der Waals surface area contributed by atoms with E-state index in [4.69, 9.17) is 16.7 Å². The number of hydrogen-bond donors (Lipinski definition) is 1. The van der Waals surface area contributed by atoms with Gasteiger partial charge in [-0.2, -0.15) is 0 Å². The van der Waals surface area contributed by atoms with Crippen molar-refractivity contribution in [1.29, 1.82) is 0 Å². The summed E-state index contributed by atoms with van der Waals surface area (Å²) in [5, 5.41) is 9.79. The van der Waals surface area contributed by atoms with Crippen molar-refractivity contribution in [3.05, 3.63) is 46.2 Å². The van der Waals surface area contributed by atoms with E-state index in [0.29, 0.717) is 30.1 Å². The van der Waals surface area contributed by atoms with E-state index >= 15 is 0 Å². The minimum atomic E-state index is -0.741. The highest BCUT2D eigenvalue weighted by molar-refractivity contribution is 6.33. The summed E-state index contributed by atoms with van der Waals surface area (Å²) in [7, 11) is 0. The lowest BCUT2D eigenvalue weighted by Gasteiger charge is -2.22. The fourth-order valence-corrected chi connectivity index (χ4v) is 2.98. The first kappa shape index (κ1) is 14.0. The monoisotopic (exact) mass is 302 g/mol. The van der Waals surface area contributed by atoms with E-state index in [1.165, 1.54) is 0 Å². The van der Waals surface area contributed by atoms with Crippen LogP contribution in [0.15, 0.2) is 24.3 Å². The molecule has 0 amide bonds. The molecule has 0 saturated heterocycles. The quantitative estimate of drug-likeness (QED) is 0.924. The van der Waals surface area contributed by atoms with Crippen molar-refractivity contribution in [1.82, 2.24) is 9.97 Å². The van der Waals surface area contributed by atoms with Gasteiger partial charge < -0.3 is 5.11 Å². The number of aliphatic carboxylic acids is 1. The summed E-state index contributed by atoms with van der Waals surface area (Å²) in [6.45, 7) is 1.91. The van der Waals surface area contributed by atoms with Gasteiger partial charge in [0.15, 0.2) is 5.82 Å². The smallest absolute Gasteiger partial charge is 0.306 e. The van der Waals surface area contributed by atoms with Crippen LogP contribution < -0.4 is 0 Å². The van der Waals surface area contributed by atoms with Crippen molar-refractivity contribution in [2.45, 2.75) is 26.2 Å². The minimum Gasteiger partial charge on any atom is -0.481 e. The second-order valence-electron chi connectivity index (χ2n) is 5.32. The van der Waals surface area contributed by atoms with Crippen LogP contribution in [0.3, 0.4) is 0 Å². The Morgan fingerprint density at radius 2 is 2.10 bits per heavy atom. The minimum absolute atomic E-state index is 0.328. The van der Waals surface area contributed by atoms with E-state index in [1.807, 2.05) is 31.2 Å². The van der Waals surface area contributed by atoms with Crippen LogP contribution in [-0.2, 0) is 17.6 Å². The average molecular weight is 303 g/mol. The summed E-state index contributed by atoms with van der Waals surface area (Å²) in [6, 6.07) is 7.48. The van der Waals surface area contributed by atoms with Gasteiger partial charge in [0.1, 0.15) is 0 Å². The molecule has 1 aliphatic rings. The molecule has 2 aromatic rings. The Morgan fingerprint density at radius 1 is 1.33 bits per heavy atom. The highest BCUT2D eigenvalue weighted by atomic mass is 35.5. The maximum Gasteiger partial charge on any atom is 0.306 e. The Kier molecular flexibility index (Phi) is 3.64. The lowest BCUT2D eigenvalue weighted by atomic mass is 9.86. The number of rotatable bonds is 2. The van der Waals surface area contributed by atoms with Crippen LogP contribution in [0.25, 0.3) is 11.4 Å². The van der Waals surface area contributed by atoms with Gasteiger partial charge in [-0.1, -0.05) is 23.7 Å². The number of aryl methyl sites for hydroxylation is 2. The zero-order chi connectivity index (χ0) is 15.0. The summed E-state index contributed by atoms with van der Waals surface area (Å²) in [5.41, 5.74) is 3.59. The largest absolute Gasteiger partial charge is 0.481 e. The Hall–Kier alpha value is -1.94. The van der Waals surface area contributed by atoms with Crippen LogP contribution >= 0.6 is 11.6 Å². The second-order valence-corrected chi connectivity index (χ2v) is 5.72. The molecule has 21 heavy (non-hydrogen) atoms. The molecule has 1 aromatic carbocycles. The predicted octanol–water partition coefficient (Wildman–Crippen LogP) is 3.29. The van der Waals surface area contributed by atoms with Gasteiger partial charge in [-0.25, -0.2) is 9.97 Å². The first-order valence-electron chi connectivity index (χ1n) is 6.90. The van der Waals surface area contributed by atoms with Crippen LogP contribution in [0.4, 0.5) is 0 Å². The molecule has 1 atom stereocenters. The van der Waals surface area contributed by atoms with Crippen molar-refractivity contribution in [3.63, 3.8) is 0 Å². The van der Waals surface area contributed by atoms with E-state index in [0.717, 1.165) is 22.5 Å². The highest BCUT2D eigenvalue weighted by Gasteiger charge is 2.27. The summed E-state index contributed by atoms with van der Waals surface area (Å²) in [4.78, 5) is 20.3. The second kappa shape index (κ2) is 5.45. The number of nitrogens with zero attached hydrogens (tertiary/aromatic N) is 2. The third kappa shape index (κ3) is 2.63. The Morgan fingerprint density at radius 3 is 2.81 bits per heavy atom. The SMILES string of the molecule is Cc1nc(-c2ccccc2Cl)nc2c1CC(C(=O)O)CC2. The summed E-state index contributed by atoms with van der Waals surface area (Å²) < 4.78 is 0. The zero-order valence-corrected chi connectivity index (χ0v) is 12.4. The Labute approximate surface area is 127 Å². The molecular weight excluding hydrogens is 288 g/mol. The van der Waals surface area contributed by atoms with Gasteiger partial charge in [0.2, 0.25) is 0 Å². The van der Waals surface area contributed by atoms with Gasteiger partial charge in [-0.3, -0.25) is 4.79 Å². The van der Waals surface area contributed by atoms with Gasteiger partial charge in [0.05, 0.1) is 10.9 Å². The van der Waals surface area contributed by atoms with Crippen molar-refractivity contribution < 1.29 is 9.90 Å². The molecule has 1 N–H and O–H groups in total. The van der Waals surface area contributed by atoms with Crippen LogP contribution in [0.1, 0.15) is 23.4 Å². The third-order valence-corrected chi connectivity index (χ3v) is 4.27. The number of aromatic nitrogens is 2. The first-order valence-corrected chi connectivity index (χ1v) is 7.28. The maximum atomic E-state index is 11.2. The van der Waals surface area contributed by atoms with Crippen molar-refractivity contribution in [2.24, 2.45) is 5.92 Å². The number of carbonyl (C=O) groups is 1. The van der Waals surface area contributed by atoms with Crippen molar-refractivity contribution in [3.8, 4) is 11.4 Å². The summed E-state index contributed by atoms with van der Waals surface area (Å²) in [5.74, 6) is -0.452. The zero-order valence-electron chi connectivity index (χ0n) is 11.6. The van der Waals surface area contributed by atoms with E-state index in [2.05, 4.69) is 9.97 Å². The normalized spacial score (nSPS) is 17.3. The molecule has 0 aliphatic heterocycles.